The van der Waals surface area contributed by atoms with E-state index in [0.717, 1.165) is 23.3 Å². The first-order valence-electron chi connectivity index (χ1n) is 10.6. The maximum atomic E-state index is 12.1. The van der Waals surface area contributed by atoms with E-state index in [2.05, 4.69) is 26.0 Å². The van der Waals surface area contributed by atoms with Crippen LogP contribution in [0.3, 0.4) is 0 Å². The molecule has 1 heterocycles. The Morgan fingerprint density at radius 1 is 1.11 bits per heavy atom. The summed E-state index contributed by atoms with van der Waals surface area (Å²) in [5.74, 6) is 0.523. The summed E-state index contributed by atoms with van der Waals surface area (Å²) >= 11 is 13.3. The number of ether oxygens (including phenoxy) is 2. The number of hydrogen-bond donors (Lipinski definition) is 2. The highest BCUT2D eigenvalue weighted by atomic mass is 35.5. The molecule has 1 aromatic heterocycles. The van der Waals surface area contributed by atoms with Gasteiger partial charge in [-0.05, 0) is 42.3 Å². The molecule has 184 valence electrons. The maximum Gasteiger partial charge on any atom is 0.247 e. The molecule has 2 aromatic carbocycles. The second-order valence-corrected chi connectivity index (χ2v) is 9.11. The highest BCUT2D eigenvalue weighted by Gasteiger charge is 2.11. The van der Waals surface area contributed by atoms with E-state index in [1.54, 1.807) is 36.4 Å². The van der Waals surface area contributed by atoms with Gasteiger partial charge in [0, 0.05) is 22.0 Å². The number of rotatable bonds is 11. The Kier molecular flexibility index (Phi) is 9.83. The molecule has 35 heavy (non-hydrogen) atoms. The van der Waals surface area contributed by atoms with Gasteiger partial charge in [-0.15, -0.1) is 10.2 Å². The lowest BCUT2D eigenvalue weighted by atomic mass is 10.2. The molecule has 0 unspecified atom stereocenters. The molecule has 0 atom stereocenters. The Balaban J connectivity index is 1.52. The summed E-state index contributed by atoms with van der Waals surface area (Å²) in [5.41, 5.74) is 3.92. The van der Waals surface area contributed by atoms with Crippen molar-refractivity contribution >= 4 is 57.7 Å². The second kappa shape index (κ2) is 13.0. The molecule has 9 nitrogen and oxygen atoms in total. The van der Waals surface area contributed by atoms with Gasteiger partial charge >= 0.3 is 0 Å². The van der Waals surface area contributed by atoms with Crippen molar-refractivity contribution in [2.24, 2.45) is 5.10 Å². The van der Waals surface area contributed by atoms with Gasteiger partial charge in [0.15, 0.2) is 11.5 Å². The van der Waals surface area contributed by atoms with Crippen molar-refractivity contribution in [3.05, 3.63) is 62.6 Å². The predicted molar refractivity (Wildman–Crippen MR) is 137 cm³/mol. The number of nitrogens with one attached hydrogen (secondary N) is 2. The average molecular weight is 536 g/mol. The number of carbonyl (C=O) groups is 2. The van der Waals surface area contributed by atoms with Crippen LogP contribution >= 0.6 is 34.5 Å². The molecule has 0 saturated heterocycles. The first-order valence-corrected chi connectivity index (χ1v) is 12.1. The van der Waals surface area contributed by atoms with Gasteiger partial charge in [-0.3, -0.25) is 9.59 Å². The molecule has 3 aromatic rings. The molecule has 12 heteroatoms. The fraction of sp³-hybridized carbons (Fsp3) is 0.261. The van der Waals surface area contributed by atoms with Crippen LogP contribution in [0.1, 0.15) is 35.9 Å². The van der Waals surface area contributed by atoms with Crippen LogP contribution in [0.4, 0.5) is 5.13 Å². The zero-order chi connectivity index (χ0) is 25.2. The van der Waals surface area contributed by atoms with Crippen LogP contribution in [0.5, 0.6) is 11.5 Å². The minimum absolute atomic E-state index is 0.0119. The average Bonchev–Trinajstić information content (AvgIpc) is 3.25. The highest BCUT2D eigenvalue weighted by Crippen LogP contribution is 2.29. The number of nitrogens with zero attached hydrogens (tertiary/aromatic N) is 3. The van der Waals surface area contributed by atoms with Crippen LogP contribution in [-0.4, -0.2) is 35.3 Å². The first-order chi connectivity index (χ1) is 16.9. The number of amides is 2. The minimum atomic E-state index is -0.365. The van der Waals surface area contributed by atoms with Gasteiger partial charge in [-0.25, -0.2) is 5.43 Å². The van der Waals surface area contributed by atoms with Crippen LogP contribution in [0.15, 0.2) is 41.5 Å². The molecule has 0 fully saturated rings. The van der Waals surface area contributed by atoms with E-state index >= 15 is 0 Å². The Morgan fingerprint density at radius 3 is 2.69 bits per heavy atom. The Hall–Kier alpha value is -3.21. The lowest BCUT2D eigenvalue weighted by Gasteiger charge is -2.12. The summed E-state index contributed by atoms with van der Waals surface area (Å²) in [5, 5.41) is 16.3. The van der Waals surface area contributed by atoms with Crippen molar-refractivity contribution in [2.45, 2.75) is 32.8 Å². The van der Waals surface area contributed by atoms with Gasteiger partial charge in [0.05, 0.1) is 19.7 Å². The van der Waals surface area contributed by atoms with Crippen molar-refractivity contribution in [1.82, 2.24) is 15.6 Å². The summed E-state index contributed by atoms with van der Waals surface area (Å²) in [6.07, 6.45) is 2.61. The van der Waals surface area contributed by atoms with Crippen molar-refractivity contribution in [3.63, 3.8) is 0 Å². The lowest BCUT2D eigenvalue weighted by molar-refractivity contribution is -0.120. The third kappa shape index (κ3) is 8.20. The van der Waals surface area contributed by atoms with Gasteiger partial charge in [-0.1, -0.05) is 47.5 Å². The fourth-order valence-corrected chi connectivity index (χ4v) is 4.04. The zero-order valence-electron chi connectivity index (χ0n) is 19.0. The number of methoxy groups -OCH3 is 1. The lowest BCUT2D eigenvalue weighted by Crippen LogP contribution is -2.19. The molecule has 2 N–H and O–H groups in total. The molecule has 0 radical (unpaired) electrons. The zero-order valence-corrected chi connectivity index (χ0v) is 21.3. The van der Waals surface area contributed by atoms with E-state index in [9.17, 15) is 9.59 Å². The molecule has 0 saturated carbocycles. The number of hydrazone groups is 1. The topological polar surface area (TPSA) is 115 Å². The van der Waals surface area contributed by atoms with E-state index in [4.69, 9.17) is 32.7 Å². The van der Waals surface area contributed by atoms with E-state index in [-0.39, 0.29) is 24.8 Å². The number of carbonyl (C=O) groups excluding carboxylic acids is 2. The minimum Gasteiger partial charge on any atom is -0.493 e. The predicted octanol–water partition coefficient (Wildman–Crippen LogP) is 4.86. The van der Waals surface area contributed by atoms with Crippen molar-refractivity contribution < 1.29 is 19.1 Å². The Labute approximate surface area is 216 Å². The van der Waals surface area contributed by atoms with Crippen molar-refractivity contribution in [3.8, 4) is 11.5 Å². The smallest absolute Gasteiger partial charge is 0.247 e. The van der Waals surface area contributed by atoms with Crippen LogP contribution in [0.2, 0.25) is 10.0 Å². The third-order valence-electron chi connectivity index (χ3n) is 4.49. The molecule has 0 aliphatic rings. The van der Waals surface area contributed by atoms with E-state index in [0.29, 0.717) is 43.7 Å². The summed E-state index contributed by atoms with van der Waals surface area (Å²) < 4.78 is 11.2. The van der Waals surface area contributed by atoms with E-state index < -0.39 is 0 Å². The summed E-state index contributed by atoms with van der Waals surface area (Å²) in [6, 6.07) is 10.4. The summed E-state index contributed by atoms with van der Waals surface area (Å²) in [6.45, 7) is 2.15. The normalized spacial score (nSPS) is 10.9. The van der Waals surface area contributed by atoms with E-state index in [1.807, 2.05) is 6.92 Å². The van der Waals surface area contributed by atoms with Gasteiger partial charge in [0.1, 0.15) is 11.6 Å². The fourth-order valence-electron chi connectivity index (χ4n) is 2.82. The largest absolute Gasteiger partial charge is 0.493 e. The molecule has 0 spiro atoms. The maximum absolute atomic E-state index is 12.1. The molecule has 3 rings (SSSR count). The molecule has 0 aliphatic heterocycles. The van der Waals surface area contributed by atoms with Crippen LogP contribution in [-0.2, 0) is 22.6 Å². The van der Waals surface area contributed by atoms with Crippen LogP contribution < -0.4 is 20.2 Å². The molecular weight excluding hydrogens is 513 g/mol. The molecule has 0 bridgehead atoms. The third-order valence-corrected chi connectivity index (χ3v) is 5.92. The first kappa shape index (κ1) is 26.4. The van der Waals surface area contributed by atoms with Crippen LogP contribution in [0, 0.1) is 0 Å². The number of hydrogen-bond acceptors (Lipinski definition) is 8. The Bertz CT molecular complexity index is 1220. The van der Waals surface area contributed by atoms with Crippen LogP contribution in [0.25, 0.3) is 0 Å². The second-order valence-electron chi connectivity index (χ2n) is 7.20. The molecular formula is C23H23Cl2N5O4S. The van der Waals surface area contributed by atoms with Gasteiger partial charge in [0.2, 0.25) is 16.9 Å². The molecule has 2 amide bonds. The summed E-state index contributed by atoms with van der Waals surface area (Å²) in [4.78, 5) is 23.8. The van der Waals surface area contributed by atoms with Crippen molar-refractivity contribution in [2.75, 3.05) is 12.4 Å². The van der Waals surface area contributed by atoms with E-state index in [1.165, 1.54) is 13.3 Å². The Morgan fingerprint density at radius 2 is 1.94 bits per heavy atom. The quantitative estimate of drug-likeness (QED) is 0.267. The van der Waals surface area contributed by atoms with Crippen molar-refractivity contribution in [1.29, 1.82) is 0 Å². The SMILES string of the molecule is CCCC(=O)Nc1nnc(CC(=O)N/N=C/c2ccc(OCc3ccc(Cl)cc3Cl)c(OC)c2)s1. The highest BCUT2D eigenvalue weighted by molar-refractivity contribution is 7.15. The number of anilines is 1. The standard InChI is InChI=1S/C23H23Cl2N5O4S/c1-3-4-20(31)27-23-30-29-22(35-23)11-21(32)28-26-12-14-5-8-18(19(9-14)33-2)34-13-15-6-7-16(24)10-17(15)25/h5-10,12H,3-4,11,13H2,1-2H3,(H,28,32)(H,27,30,31)/b26-12+. The number of halogens is 2. The van der Waals surface area contributed by atoms with Gasteiger partial charge in [0.25, 0.3) is 0 Å². The van der Waals surface area contributed by atoms with Gasteiger partial charge in [-0.2, -0.15) is 5.10 Å². The molecule has 0 aliphatic carbocycles. The monoisotopic (exact) mass is 535 g/mol. The number of aromatic nitrogens is 2. The number of benzene rings is 2. The summed E-state index contributed by atoms with van der Waals surface area (Å²) in [7, 11) is 1.53. The van der Waals surface area contributed by atoms with Gasteiger partial charge < -0.3 is 14.8 Å².